The molecule has 0 N–H and O–H groups in total. The second-order valence-corrected chi connectivity index (χ2v) is 3.56. The molecule has 16 heavy (non-hydrogen) atoms. The van der Waals surface area contributed by atoms with Crippen LogP contribution in [0.5, 0.6) is 0 Å². The highest BCUT2D eigenvalue weighted by molar-refractivity contribution is 6.57. The fraction of sp³-hybridized carbons (Fsp3) is 0.100. The molecule has 0 aliphatic heterocycles. The third-order valence-electron chi connectivity index (χ3n) is 2.30. The first kappa shape index (κ1) is 10.6. The van der Waals surface area contributed by atoms with Crippen molar-refractivity contribution in [3.63, 3.8) is 0 Å². The Balaban J connectivity index is 2.47. The van der Waals surface area contributed by atoms with Crippen molar-refractivity contribution in [2.75, 3.05) is 0 Å². The number of fused-ring (bicyclic) bond motifs is 1. The molecule has 0 saturated heterocycles. The Morgan fingerprint density at radius 2 is 2.00 bits per heavy atom. The number of rotatable bonds is 2. The van der Waals surface area contributed by atoms with Crippen LogP contribution in [0, 0.1) is 11.3 Å². The van der Waals surface area contributed by atoms with Crippen LogP contribution in [0.2, 0.25) is 0 Å². The second-order valence-electron chi connectivity index (χ2n) is 3.56. The SMILES string of the molecule is N#Cc1ccc2c(ccn2C[B-](F)(F)F)c1. The van der Waals surface area contributed by atoms with Crippen LogP contribution in [0.25, 0.3) is 10.9 Å². The zero-order valence-corrected chi connectivity index (χ0v) is 8.20. The Hall–Kier alpha value is -1.90. The molecule has 0 spiro atoms. The van der Waals surface area contributed by atoms with E-state index in [-0.39, 0.29) is 0 Å². The van der Waals surface area contributed by atoms with E-state index in [4.69, 9.17) is 5.26 Å². The summed E-state index contributed by atoms with van der Waals surface area (Å²) in [5.41, 5.74) is 0.945. The minimum Gasteiger partial charge on any atom is -0.448 e. The second kappa shape index (κ2) is 3.60. The molecule has 0 saturated carbocycles. The zero-order valence-electron chi connectivity index (χ0n) is 8.20. The third-order valence-corrected chi connectivity index (χ3v) is 2.30. The van der Waals surface area contributed by atoms with E-state index >= 15 is 0 Å². The van der Waals surface area contributed by atoms with Crippen LogP contribution in [0.4, 0.5) is 12.9 Å². The van der Waals surface area contributed by atoms with Gasteiger partial charge in [0.1, 0.15) is 0 Å². The van der Waals surface area contributed by atoms with E-state index in [1.54, 1.807) is 12.1 Å². The van der Waals surface area contributed by atoms with Gasteiger partial charge >= 0.3 is 6.98 Å². The molecule has 1 heterocycles. The maximum Gasteiger partial charge on any atom is 0.497 e. The van der Waals surface area contributed by atoms with E-state index in [0.717, 1.165) is 4.57 Å². The van der Waals surface area contributed by atoms with Crippen molar-refractivity contribution in [2.24, 2.45) is 0 Å². The zero-order chi connectivity index (χ0) is 11.8. The van der Waals surface area contributed by atoms with Gasteiger partial charge in [0, 0.05) is 17.1 Å². The highest BCUT2D eigenvalue weighted by Crippen LogP contribution is 2.20. The molecule has 1 aromatic carbocycles. The third kappa shape index (κ3) is 2.03. The number of aromatic nitrogens is 1. The minimum absolute atomic E-state index is 0.447. The number of halogens is 3. The molecule has 0 bridgehead atoms. The van der Waals surface area contributed by atoms with Gasteiger partial charge in [-0.15, -0.1) is 0 Å². The van der Waals surface area contributed by atoms with Crippen molar-refractivity contribution in [2.45, 2.75) is 6.44 Å². The molecular formula is C10H7BF3N2-. The van der Waals surface area contributed by atoms with Crippen LogP contribution in [0.1, 0.15) is 5.56 Å². The van der Waals surface area contributed by atoms with Crippen LogP contribution < -0.4 is 0 Å². The summed E-state index contributed by atoms with van der Waals surface area (Å²) in [7, 11) is 0. The summed E-state index contributed by atoms with van der Waals surface area (Å²) < 4.78 is 38.0. The van der Waals surface area contributed by atoms with Crippen molar-refractivity contribution in [3.05, 3.63) is 36.0 Å². The van der Waals surface area contributed by atoms with Crippen LogP contribution in [0.15, 0.2) is 30.5 Å². The molecule has 0 aliphatic rings. The Bertz CT molecular complexity index is 565. The van der Waals surface area contributed by atoms with Gasteiger partial charge in [-0.3, -0.25) is 0 Å². The van der Waals surface area contributed by atoms with Gasteiger partial charge in [-0.2, -0.15) is 5.26 Å². The largest absolute Gasteiger partial charge is 0.497 e. The maximum atomic E-state index is 12.3. The predicted molar refractivity (Wildman–Crippen MR) is 55.7 cm³/mol. The molecule has 82 valence electrons. The van der Waals surface area contributed by atoms with E-state index in [2.05, 4.69) is 0 Å². The first-order chi connectivity index (χ1) is 7.49. The van der Waals surface area contributed by atoms with Gasteiger partial charge in [0.25, 0.3) is 0 Å². The van der Waals surface area contributed by atoms with E-state index in [0.29, 0.717) is 16.5 Å². The number of nitrogens with zero attached hydrogens (tertiary/aromatic N) is 2. The van der Waals surface area contributed by atoms with Crippen LogP contribution in [-0.4, -0.2) is 11.5 Å². The lowest BCUT2D eigenvalue weighted by atomic mass is 9.92. The van der Waals surface area contributed by atoms with Gasteiger partial charge in [0.2, 0.25) is 0 Å². The predicted octanol–water partition coefficient (Wildman–Crippen LogP) is 2.90. The van der Waals surface area contributed by atoms with Crippen molar-refractivity contribution in [1.82, 2.24) is 4.57 Å². The van der Waals surface area contributed by atoms with Crippen LogP contribution in [0.3, 0.4) is 0 Å². The van der Waals surface area contributed by atoms with Crippen molar-refractivity contribution in [3.8, 4) is 6.07 Å². The Morgan fingerprint density at radius 3 is 2.62 bits per heavy atom. The van der Waals surface area contributed by atoms with Crippen molar-refractivity contribution >= 4 is 17.9 Å². The molecule has 2 rings (SSSR count). The summed E-state index contributed by atoms with van der Waals surface area (Å²) in [6, 6.07) is 8.16. The molecule has 0 amide bonds. The highest BCUT2D eigenvalue weighted by Gasteiger charge is 2.23. The average molecular weight is 223 g/mol. The summed E-state index contributed by atoms with van der Waals surface area (Å²) in [6.07, 6.45) is 0.441. The maximum absolute atomic E-state index is 12.3. The average Bonchev–Trinajstić information content (AvgIpc) is 2.58. The van der Waals surface area contributed by atoms with E-state index in [1.165, 1.54) is 18.3 Å². The Morgan fingerprint density at radius 1 is 1.25 bits per heavy atom. The van der Waals surface area contributed by atoms with Gasteiger partial charge in [-0.1, -0.05) is 0 Å². The van der Waals surface area contributed by atoms with Gasteiger partial charge in [0.15, 0.2) is 0 Å². The molecule has 0 radical (unpaired) electrons. The monoisotopic (exact) mass is 223 g/mol. The smallest absolute Gasteiger partial charge is 0.448 e. The summed E-state index contributed by atoms with van der Waals surface area (Å²) in [5.74, 6) is 0. The number of benzene rings is 1. The van der Waals surface area contributed by atoms with Gasteiger partial charge < -0.3 is 17.5 Å². The molecule has 1 aromatic heterocycles. The summed E-state index contributed by atoms with van der Waals surface area (Å²) in [5, 5.41) is 9.31. The van der Waals surface area contributed by atoms with E-state index < -0.39 is 13.4 Å². The lowest BCUT2D eigenvalue weighted by Crippen LogP contribution is -2.23. The van der Waals surface area contributed by atoms with Gasteiger partial charge in [-0.25, -0.2) is 0 Å². The summed E-state index contributed by atoms with van der Waals surface area (Å²) >= 11 is 0. The summed E-state index contributed by atoms with van der Waals surface area (Å²) in [4.78, 5) is 0. The van der Waals surface area contributed by atoms with E-state index in [9.17, 15) is 12.9 Å². The normalized spacial score (nSPS) is 11.6. The topological polar surface area (TPSA) is 28.7 Å². The van der Waals surface area contributed by atoms with Crippen molar-refractivity contribution in [1.29, 1.82) is 5.26 Å². The van der Waals surface area contributed by atoms with Gasteiger partial charge in [0.05, 0.1) is 11.6 Å². The van der Waals surface area contributed by atoms with E-state index in [1.807, 2.05) is 6.07 Å². The van der Waals surface area contributed by atoms with Crippen LogP contribution in [-0.2, 0) is 6.44 Å². The number of hydrogen-bond donors (Lipinski definition) is 0. The highest BCUT2D eigenvalue weighted by atomic mass is 19.4. The molecule has 2 aromatic rings. The first-order valence-electron chi connectivity index (χ1n) is 4.69. The van der Waals surface area contributed by atoms with Crippen molar-refractivity contribution < 1.29 is 12.9 Å². The minimum atomic E-state index is -4.85. The molecule has 0 atom stereocenters. The number of nitriles is 1. The molecule has 6 heteroatoms. The van der Waals surface area contributed by atoms with Gasteiger partial charge in [-0.05, 0) is 30.7 Å². The first-order valence-corrected chi connectivity index (χ1v) is 4.69. The molecule has 0 unspecified atom stereocenters. The molecule has 2 nitrogen and oxygen atoms in total. The summed E-state index contributed by atoms with van der Waals surface area (Å²) in [6.45, 7) is -4.85. The molecule has 0 fully saturated rings. The van der Waals surface area contributed by atoms with Crippen LogP contribution >= 0.6 is 0 Å². The quantitative estimate of drug-likeness (QED) is 0.719. The molecule has 0 aliphatic carbocycles. The lowest BCUT2D eigenvalue weighted by Gasteiger charge is -2.15. The fourth-order valence-electron chi connectivity index (χ4n) is 1.65. The number of hydrogen-bond acceptors (Lipinski definition) is 1. The Labute approximate surface area is 90.0 Å². The molecular weight excluding hydrogens is 216 g/mol. The lowest BCUT2D eigenvalue weighted by molar-refractivity contribution is 0.448. The Kier molecular flexibility index (Phi) is 2.39. The fourth-order valence-corrected chi connectivity index (χ4v) is 1.65. The standard InChI is InChI=1S/C10H7BF3N2/c12-11(13,14)7-16-4-3-9-5-8(6-15)1-2-10(9)16/h1-5H,7H2/q-1.